The molecule has 5 heteroatoms. The van der Waals surface area contributed by atoms with Gasteiger partial charge in [-0.1, -0.05) is 35.9 Å². The highest BCUT2D eigenvalue weighted by Crippen LogP contribution is 2.19. The number of hydrogen-bond donors (Lipinski definition) is 1. The van der Waals surface area contributed by atoms with Crippen LogP contribution in [0.5, 0.6) is 0 Å². The lowest BCUT2D eigenvalue weighted by molar-refractivity contribution is 0.0534. The molecule has 0 aromatic heterocycles. The summed E-state index contributed by atoms with van der Waals surface area (Å²) in [5.74, 6) is -0.0287. The Kier molecular flexibility index (Phi) is 5.97. The molecule has 0 spiro atoms. The summed E-state index contributed by atoms with van der Waals surface area (Å²) in [7, 11) is 0. The first-order valence-electron chi connectivity index (χ1n) is 6.63. The zero-order chi connectivity index (χ0) is 16.0. The van der Waals surface area contributed by atoms with Crippen molar-refractivity contribution in [2.75, 3.05) is 6.54 Å². The van der Waals surface area contributed by atoms with Crippen molar-refractivity contribution >= 4 is 29.6 Å². The SMILES string of the molecule is CC(=O)c1ccc(C=CCNC(=O)OC(C)(C)C)c(Cl)c1. The maximum atomic E-state index is 11.4. The number of rotatable bonds is 4. The Morgan fingerprint density at radius 3 is 2.52 bits per heavy atom. The molecule has 0 fully saturated rings. The minimum Gasteiger partial charge on any atom is -0.444 e. The molecule has 0 saturated heterocycles. The second-order valence-electron chi connectivity index (χ2n) is 5.58. The predicted molar refractivity (Wildman–Crippen MR) is 84.7 cm³/mol. The number of benzene rings is 1. The highest BCUT2D eigenvalue weighted by Gasteiger charge is 2.14. The van der Waals surface area contributed by atoms with Crippen LogP contribution >= 0.6 is 11.6 Å². The van der Waals surface area contributed by atoms with Crippen molar-refractivity contribution in [1.29, 1.82) is 0 Å². The Bertz CT molecular complexity index is 559. The van der Waals surface area contributed by atoms with Gasteiger partial charge in [-0.3, -0.25) is 4.79 Å². The van der Waals surface area contributed by atoms with E-state index in [0.29, 0.717) is 17.1 Å². The number of Topliss-reactive ketones (excluding diaryl/α,β-unsaturated/α-hetero) is 1. The van der Waals surface area contributed by atoms with E-state index in [4.69, 9.17) is 16.3 Å². The fraction of sp³-hybridized carbons (Fsp3) is 0.375. The van der Waals surface area contributed by atoms with Gasteiger partial charge in [0.1, 0.15) is 5.60 Å². The number of carbonyl (C=O) groups is 2. The van der Waals surface area contributed by atoms with E-state index in [9.17, 15) is 9.59 Å². The topological polar surface area (TPSA) is 55.4 Å². The van der Waals surface area contributed by atoms with E-state index in [1.54, 1.807) is 51.1 Å². The number of amides is 1. The number of alkyl carbamates (subject to hydrolysis) is 1. The van der Waals surface area contributed by atoms with Gasteiger partial charge in [-0.2, -0.15) is 0 Å². The fourth-order valence-electron chi connectivity index (χ4n) is 1.52. The molecule has 0 saturated carbocycles. The standard InChI is InChI=1S/C16H20ClNO3/c1-11(19)13-8-7-12(14(17)10-13)6-5-9-18-15(20)21-16(2,3)4/h5-8,10H,9H2,1-4H3,(H,18,20). The Hall–Kier alpha value is -1.81. The number of nitrogens with one attached hydrogen (secondary N) is 1. The van der Waals surface area contributed by atoms with Crippen molar-refractivity contribution < 1.29 is 14.3 Å². The summed E-state index contributed by atoms with van der Waals surface area (Å²) < 4.78 is 5.11. The zero-order valence-corrected chi connectivity index (χ0v) is 13.5. The van der Waals surface area contributed by atoms with Gasteiger partial charge >= 0.3 is 6.09 Å². The lowest BCUT2D eigenvalue weighted by atomic mass is 10.1. The van der Waals surface area contributed by atoms with Crippen LogP contribution in [0.2, 0.25) is 5.02 Å². The summed E-state index contributed by atoms with van der Waals surface area (Å²) in [5, 5.41) is 3.11. The summed E-state index contributed by atoms with van der Waals surface area (Å²) in [6.45, 7) is 7.24. The Balaban J connectivity index is 2.54. The van der Waals surface area contributed by atoms with Crippen molar-refractivity contribution in [3.63, 3.8) is 0 Å². The van der Waals surface area contributed by atoms with Crippen LogP contribution in [0.4, 0.5) is 4.79 Å². The molecule has 1 amide bonds. The molecule has 1 aromatic carbocycles. The molecule has 0 aliphatic heterocycles. The van der Waals surface area contributed by atoms with Crippen molar-refractivity contribution in [2.24, 2.45) is 0 Å². The van der Waals surface area contributed by atoms with E-state index in [1.165, 1.54) is 6.92 Å². The first kappa shape index (κ1) is 17.2. The molecule has 0 heterocycles. The number of halogens is 1. The van der Waals surface area contributed by atoms with Gasteiger partial charge in [0.15, 0.2) is 5.78 Å². The maximum absolute atomic E-state index is 11.4. The van der Waals surface area contributed by atoms with Crippen LogP contribution in [0, 0.1) is 0 Å². The largest absolute Gasteiger partial charge is 0.444 e. The Labute approximate surface area is 130 Å². The van der Waals surface area contributed by atoms with Gasteiger partial charge in [0.05, 0.1) is 0 Å². The van der Waals surface area contributed by atoms with E-state index in [1.807, 2.05) is 0 Å². The first-order valence-corrected chi connectivity index (χ1v) is 7.01. The van der Waals surface area contributed by atoms with Gasteiger partial charge in [-0.15, -0.1) is 0 Å². The van der Waals surface area contributed by atoms with Crippen LogP contribution in [0.3, 0.4) is 0 Å². The highest BCUT2D eigenvalue weighted by atomic mass is 35.5. The molecule has 0 aliphatic carbocycles. The summed E-state index contributed by atoms with van der Waals surface area (Å²) in [6.07, 6.45) is 3.08. The van der Waals surface area contributed by atoms with E-state index in [2.05, 4.69) is 5.32 Å². The maximum Gasteiger partial charge on any atom is 0.407 e. The smallest absolute Gasteiger partial charge is 0.407 e. The van der Waals surface area contributed by atoms with E-state index in [-0.39, 0.29) is 5.78 Å². The summed E-state index contributed by atoms with van der Waals surface area (Å²) in [6, 6.07) is 5.11. The molecule has 0 bridgehead atoms. The molecular formula is C16H20ClNO3. The second kappa shape index (κ2) is 7.27. The molecule has 114 valence electrons. The van der Waals surface area contributed by atoms with Gasteiger partial charge in [-0.05, 0) is 39.3 Å². The molecular weight excluding hydrogens is 290 g/mol. The number of ether oxygens (including phenoxy) is 1. The Morgan fingerprint density at radius 1 is 1.33 bits per heavy atom. The third-order valence-electron chi connectivity index (χ3n) is 2.47. The summed E-state index contributed by atoms with van der Waals surface area (Å²) >= 11 is 6.09. The minimum absolute atomic E-state index is 0.0287. The Morgan fingerprint density at radius 2 is 2.00 bits per heavy atom. The first-order chi connectivity index (χ1) is 9.69. The van der Waals surface area contributed by atoms with Crippen LogP contribution in [-0.4, -0.2) is 24.0 Å². The van der Waals surface area contributed by atoms with Gasteiger partial charge in [0.25, 0.3) is 0 Å². The lowest BCUT2D eigenvalue weighted by Crippen LogP contribution is -2.32. The molecule has 1 rings (SSSR count). The van der Waals surface area contributed by atoms with E-state index < -0.39 is 11.7 Å². The molecule has 1 aromatic rings. The average molecular weight is 310 g/mol. The second-order valence-corrected chi connectivity index (χ2v) is 5.98. The predicted octanol–water partition coefficient (Wildman–Crippen LogP) is 4.08. The third kappa shape index (κ3) is 6.45. The molecule has 0 atom stereocenters. The zero-order valence-electron chi connectivity index (χ0n) is 12.7. The summed E-state index contributed by atoms with van der Waals surface area (Å²) in [5.41, 5.74) is 0.844. The van der Waals surface area contributed by atoms with Crippen LogP contribution in [-0.2, 0) is 4.74 Å². The van der Waals surface area contributed by atoms with Gasteiger partial charge in [-0.25, -0.2) is 4.79 Å². The van der Waals surface area contributed by atoms with Crippen LogP contribution < -0.4 is 5.32 Å². The fourth-order valence-corrected chi connectivity index (χ4v) is 1.77. The molecule has 21 heavy (non-hydrogen) atoms. The summed E-state index contributed by atoms with van der Waals surface area (Å²) in [4.78, 5) is 22.6. The molecule has 1 N–H and O–H groups in total. The van der Waals surface area contributed by atoms with Crippen LogP contribution in [0.25, 0.3) is 6.08 Å². The van der Waals surface area contributed by atoms with Crippen molar-refractivity contribution in [1.82, 2.24) is 5.32 Å². The van der Waals surface area contributed by atoms with Crippen LogP contribution in [0.15, 0.2) is 24.3 Å². The van der Waals surface area contributed by atoms with Crippen molar-refractivity contribution in [2.45, 2.75) is 33.3 Å². The van der Waals surface area contributed by atoms with Crippen molar-refractivity contribution in [3.8, 4) is 0 Å². The van der Waals surface area contributed by atoms with E-state index in [0.717, 1.165) is 5.56 Å². The normalized spacial score (nSPS) is 11.5. The van der Waals surface area contributed by atoms with E-state index >= 15 is 0 Å². The highest BCUT2D eigenvalue weighted by molar-refractivity contribution is 6.32. The van der Waals surface area contributed by atoms with Crippen LogP contribution in [0.1, 0.15) is 43.6 Å². The van der Waals surface area contributed by atoms with Gasteiger partial charge in [0, 0.05) is 17.1 Å². The van der Waals surface area contributed by atoms with Gasteiger partial charge in [0.2, 0.25) is 0 Å². The number of hydrogen-bond acceptors (Lipinski definition) is 3. The molecule has 0 unspecified atom stereocenters. The molecule has 0 aliphatic rings. The average Bonchev–Trinajstić information content (AvgIpc) is 2.33. The number of carbonyl (C=O) groups excluding carboxylic acids is 2. The van der Waals surface area contributed by atoms with Crippen molar-refractivity contribution in [3.05, 3.63) is 40.4 Å². The monoisotopic (exact) mass is 309 g/mol. The van der Waals surface area contributed by atoms with Gasteiger partial charge < -0.3 is 10.1 Å². The lowest BCUT2D eigenvalue weighted by Gasteiger charge is -2.19. The quantitative estimate of drug-likeness (QED) is 0.853. The third-order valence-corrected chi connectivity index (χ3v) is 2.79. The molecule has 0 radical (unpaired) electrons. The minimum atomic E-state index is -0.514. The molecule has 4 nitrogen and oxygen atoms in total. The number of ketones is 1.